The Balaban J connectivity index is 1.87. The van der Waals surface area contributed by atoms with Crippen molar-refractivity contribution in [3.05, 3.63) is 11.3 Å². The first-order valence-electron chi connectivity index (χ1n) is 9.63. The molecule has 0 aromatic rings. The minimum absolute atomic E-state index is 0.943. The predicted octanol–water partition coefficient (Wildman–Crippen LogP) is 6.32. The van der Waals surface area contributed by atoms with Gasteiger partial charge in [-0.15, -0.1) is 0 Å². The molecule has 0 aromatic heterocycles. The van der Waals surface area contributed by atoms with E-state index in [1.54, 1.807) is 5.20 Å². The third-order valence-corrected chi connectivity index (χ3v) is 7.53. The largest absolute Gasteiger partial charge is 0.416 e. The van der Waals surface area contributed by atoms with Crippen LogP contribution in [0.2, 0.25) is 6.04 Å². The Hall–Kier alpha value is -0.0831. The van der Waals surface area contributed by atoms with Gasteiger partial charge in [0.2, 0.25) is 9.04 Å². The van der Waals surface area contributed by atoms with Crippen LogP contribution in [0.4, 0.5) is 0 Å². The molecule has 1 nitrogen and oxygen atoms in total. The first kappa shape index (κ1) is 19.0. The summed E-state index contributed by atoms with van der Waals surface area (Å²) in [5.41, 5.74) is 0. The van der Waals surface area contributed by atoms with E-state index in [0.29, 0.717) is 0 Å². The van der Waals surface area contributed by atoms with Gasteiger partial charge in [-0.05, 0) is 32.2 Å². The van der Waals surface area contributed by atoms with Crippen LogP contribution in [0.1, 0.15) is 97.3 Å². The number of unbranched alkanes of at least 4 members (excludes halogenated alkanes) is 10. The third-order valence-electron chi connectivity index (χ3n) is 4.71. The molecule has 1 aliphatic heterocycles. The summed E-state index contributed by atoms with van der Waals surface area (Å²) in [6.45, 7) is 5.64. The highest BCUT2D eigenvalue weighted by Gasteiger charge is 2.17. The molecule has 0 spiro atoms. The van der Waals surface area contributed by atoms with Gasteiger partial charge in [-0.2, -0.15) is 0 Å². The van der Waals surface area contributed by atoms with Crippen LogP contribution in [0.25, 0.3) is 0 Å². The first-order valence-corrected chi connectivity index (χ1v) is 11.5. The second kappa shape index (κ2) is 13.6. The molecule has 1 heterocycles. The molecule has 1 aliphatic rings. The zero-order valence-corrected chi connectivity index (χ0v) is 15.8. The van der Waals surface area contributed by atoms with Crippen LogP contribution in [0.5, 0.6) is 0 Å². The van der Waals surface area contributed by atoms with Gasteiger partial charge in [-0.25, -0.2) is 0 Å². The minimum atomic E-state index is -0.943. The Labute approximate surface area is 135 Å². The standard InChI is InChI=1S/C19H38OSi/c1-3-4-5-6-7-8-9-10-11-12-13-16-19(2)21-18-15-14-17-20-21/h16,21H,3-15,17-18H2,1-2H3/b19-16+. The van der Waals surface area contributed by atoms with Crippen molar-refractivity contribution in [2.45, 2.75) is 103 Å². The Morgan fingerprint density at radius 1 is 0.905 bits per heavy atom. The number of hydrogen-bond donors (Lipinski definition) is 0. The lowest BCUT2D eigenvalue weighted by Crippen LogP contribution is -2.24. The van der Waals surface area contributed by atoms with E-state index in [-0.39, 0.29) is 0 Å². The van der Waals surface area contributed by atoms with Crippen LogP contribution < -0.4 is 0 Å². The Morgan fingerprint density at radius 3 is 2.10 bits per heavy atom. The van der Waals surface area contributed by atoms with Crippen LogP contribution in [0.15, 0.2) is 11.3 Å². The second-order valence-electron chi connectivity index (χ2n) is 6.77. The van der Waals surface area contributed by atoms with Crippen molar-refractivity contribution in [2.24, 2.45) is 0 Å². The van der Waals surface area contributed by atoms with E-state index in [4.69, 9.17) is 4.43 Å². The summed E-state index contributed by atoms with van der Waals surface area (Å²) in [7, 11) is -0.943. The number of allylic oxidation sites excluding steroid dienone is 2. The van der Waals surface area contributed by atoms with Gasteiger partial charge in [0.05, 0.1) is 0 Å². The molecule has 1 atom stereocenters. The minimum Gasteiger partial charge on any atom is -0.416 e. The van der Waals surface area contributed by atoms with Gasteiger partial charge >= 0.3 is 0 Å². The third kappa shape index (κ3) is 10.3. The van der Waals surface area contributed by atoms with Gasteiger partial charge in [0.1, 0.15) is 0 Å². The molecule has 0 radical (unpaired) electrons. The molecule has 1 saturated heterocycles. The lowest BCUT2D eigenvalue weighted by Gasteiger charge is -2.21. The van der Waals surface area contributed by atoms with Crippen LogP contribution in [0, 0.1) is 0 Å². The highest BCUT2D eigenvalue weighted by Crippen LogP contribution is 2.18. The molecular weight excluding hydrogens is 272 g/mol. The van der Waals surface area contributed by atoms with Crippen molar-refractivity contribution in [1.82, 2.24) is 0 Å². The van der Waals surface area contributed by atoms with Gasteiger partial charge < -0.3 is 4.43 Å². The average molecular weight is 311 g/mol. The van der Waals surface area contributed by atoms with Crippen molar-refractivity contribution in [3.63, 3.8) is 0 Å². The molecule has 1 unspecified atom stereocenters. The predicted molar refractivity (Wildman–Crippen MR) is 97.4 cm³/mol. The van der Waals surface area contributed by atoms with Gasteiger partial charge in [0.15, 0.2) is 0 Å². The van der Waals surface area contributed by atoms with Crippen molar-refractivity contribution < 1.29 is 4.43 Å². The molecule has 0 aliphatic carbocycles. The fraction of sp³-hybridized carbons (Fsp3) is 0.895. The lowest BCUT2D eigenvalue weighted by molar-refractivity contribution is 0.292. The van der Waals surface area contributed by atoms with Crippen molar-refractivity contribution in [3.8, 4) is 0 Å². The molecule has 1 fully saturated rings. The molecule has 1 rings (SSSR count). The molecule has 0 saturated carbocycles. The van der Waals surface area contributed by atoms with Crippen molar-refractivity contribution in [2.75, 3.05) is 6.61 Å². The quantitative estimate of drug-likeness (QED) is 0.303. The van der Waals surface area contributed by atoms with E-state index < -0.39 is 9.04 Å². The van der Waals surface area contributed by atoms with E-state index in [2.05, 4.69) is 19.9 Å². The fourth-order valence-corrected chi connectivity index (χ4v) is 5.62. The number of rotatable bonds is 12. The molecule has 0 aromatic carbocycles. The first-order chi connectivity index (χ1) is 10.3. The zero-order chi connectivity index (χ0) is 15.2. The maximum Gasteiger partial charge on any atom is 0.203 e. The highest BCUT2D eigenvalue weighted by molar-refractivity contribution is 6.60. The zero-order valence-electron chi connectivity index (χ0n) is 14.7. The SMILES string of the molecule is CCCCCCCCCCCC/C=C(\C)[SiH]1CCCCO1. The molecular formula is C19H38OSi. The summed E-state index contributed by atoms with van der Waals surface area (Å²) in [6.07, 6.45) is 20.8. The lowest BCUT2D eigenvalue weighted by atomic mass is 10.1. The summed E-state index contributed by atoms with van der Waals surface area (Å²) in [4.78, 5) is 0. The summed E-state index contributed by atoms with van der Waals surface area (Å²) < 4.78 is 5.96. The Kier molecular flexibility index (Phi) is 12.3. The summed E-state index contributed by atoms with van der Waals surface area (Å²) in [6, 6.07) is 1.38. The fourth-order valence-electron chi connectivity index (χ4n) is 3.19. The van der Waals surface area contributed by atoms with Gasteiger partial charge in [-0.3, -0.25) is 0 Å². The van der Waals surface area contributed by atoms with E-state index in [9.17, 15) is 0 Å². The number of hydrogen-bond acceptors (Lipinski definition) is 1. The monoisotopic (exact) mass is 310 g/mol. The summed E-state index contributed by atoms with van der Waals surface area (Å²) in [5.74, 6) is 0. The molecule has 0 bridgehead atoms. The molecule has 124 valence electrons. The Bertz CT molecular complexity index is 256. The molecule has 0 amide bonds. The van der Waals surface area contributed by atoms with Gasteiger partial charge in [0.25, 0.3) is 0 Å². The van der Waals surface area contributed by atoms with E-state index >= 15 is 0 Å². The van der Waals surface area contributed by atoms with Crippen molar-refractivity contribution >= 4 is 9.04 Å². The molecule has 21 heavy (non-hydrogen) atoms. The second-order valence-corrected chi connectivity index (χ2v) is 9.57. The van der Waals surface area contributed by atoms with E-state index in [1.165, 1.54) is 89.5 Å². The van der Waals surface area contributed by atoms with Gasteiger partial charge in [-0.1, -0.05) is 82.4 Å². The van der Waals surface area contributed by atoms with E-state index in [0.717, 1.165) is 6.61 Å². The highest BCUT2D eigenvalue weighted by atomic mass is 28.3. The molecule has 0 N–H and O–H groups in total. The Morgan fingerprint density at radius 2 is 1.52 bits per heavy atom. The summed E-state index contributed by atoms with van der Waals surface area (Å²) in [5, 5.41) is 1.62. The summed E-state index contributed by atoms with van der Waals surface area (Å²) >= 11 is 0. The maximum atomic E-state index is 5.96. The van der Waals surface area contributed by atoms with Gasteiger partial charge in [0, 0.05) is 6.61 Å². The van der Waals surface area contributed by atoms with Crippen molar-refractivity contribution in [1.29, 1.82) is 0 Å². The van der Waals surface area contributed by atoms with E-state index in [1.807, 2.05) is 0 Å². The van der Waals surface area contributed by atoms with Crippen LogP contribution in [-0.4, -0.2) is 15.6 Å². The van der Waals surface area contributed by atoms with Crippen LogP contribution in [0.3, 0.4) is 0 Å². The maximum absolute atomic E-state index is 5.96. The molecule has 2 heteroatoms. The van der Waals surface area contributed by atoms with Crippen LogP contribution in [-0.2, 0) is 4.43 Å². The smallest absolute Gasteiger partial charge is 0.203 e. The van der Waals surface area contributed by atoms with Crippen LogP contribution >= 0.6 is 0 Å². The normalized spacial score (nSPS) is 19.9. The average Bonchev–Trinajstić information content (AvgIpc) is 2.53. The topological polar surface area (TPSA) is 9.23 Å².